The summed E-state index contributed by atoms with van der Waals surface area (Å²) in [6, 6.07) is 0.931. The third-order valence-corrected chi connectivity index (χ3v) is 4.76. The van der Waals surface area contributed by atoms with Crippen molar-refractivity contribution in [3.63, 3.8) is 0 Å². The van der Waals surface area contributed by atoms with E-state index in [-0.39, 0.29) is 17.7 Å². The van der Waals surface area contributed by atoms with Gasteiger partial charge in [0.25, 0.3) is 0 Å². The van der Waals surface area contributed by atoms with Crippen LogP contribution in [0.15, 0.2) is 6.07 Å². The SMILES string of the molecule is CC(Nc1nc(N)c(F)cc1F)C1CC2CCC1C2. The second-order valence-electron chi connectivity index (χ2n) is 5.96. The number of hydrogen-bond acceptors (Lipinski definition) is 3. The van der Waals surface area contributed by atoms with Gasteiger partial charge < -0.3 is 11.1 Å². The Hall–Kier alpha value is -1.39. The molecule has 1 aromatic heterocycles. The van der Waals surface area contributed by atoms with Crippen molar-refractivity contribution < 1.29 is 8.78 Å². The molecule has 5 heteroatoms. The van der Waals surface area contributed by atoms with Crippen LogP contribution in [0, 0.1) is 29.4 Å². The summed E-state index contributed by atoms with van der Waals surface area (Å²) in [6.45, 7) is 2.05. The number of aromatic nitrogens is 1. The summed E-state index contributed by atoms with van der Waals surface area (Å²) in [4.78, 5) is 3.76. The van der Waals surface area contributed by atoms with Crippen molar-refractivity contribution in [2.75, 3.05) is 11.1 Å². The van der Waals surface area contributed by atoms with E-state index in [9.17, 15) is 8.78 Å². The lowest BCUT2D eigenvalue weighted by atomic mass is 9.84. The lowest BCUT2D eigenvalue weighted by Gasteiger charge is -2.29. The molecule has 19 heavy (non-hydrogen) atoms. The lowest BCUT2D eigenvalue weighted by Crippen LogP contribution is -2.30. The zero-order valence-corrected chi connectivity index (χ0v) is 11.0. The van der Waals surface area contributed by atoms with Gasteiger partial charge in [-0.05, 0) is 43.9 Å². The Kier molecular flexibility index (Phi) is 3.07. The molecule has 104 valence electrons. The molecule has 2 saturated carbocycles. The van der Waals surface area contributed by atoms with Gasteiger partial charge in [-0.25, -0.2) is 13.8 Å². The van der Waals surface area contributed by atoms with Crippen LogP contribution in [-0.4, -0.2) is 11.0 Å². The van der Waals surface area contributed by atoms with Crippen LogP contribution in [0.25, 0.3) is 0 Å². The van der Waals surface area contributed by atoms with Gasteiger partial charge in [0.1, 0.15) is 0 Å². The zero-order chi connectivity index (χ0) is 13.6. The molecule has 2 fully saturated rings. The fraction of sp³-hybridized carbons (Fsp3) is 0.643. The highest BCUT2D eigenvalue weighted by Crippen LogP contribution is 2.49. The largest absolute Gasteiger partial charge is 0.381 e. The highest BCUT2D eigenvalue weighted by Gasteiger charge is 2.41. The molecule has 3 N–H and O–H groups in total. The minimum Gasteiger partial charge on any atom is -0.381 e. The number of halogens is 2. The van der Waals surface area contributed by atoms with E-state index in [1.807, 2.05) is 6.92 Å². The van der Waals surface area contributed by atoms with Crippen LogP contribution in [0.5, 0.6) is 0 Å². The Morgan fingerprint density at radius 2 is 2.11 bits per heavy atom. The summed E-state index contributed by atoms with van der Waals surface area (Å²) in [5, 5.41) is 3.07. The van der Waals surface area contributed by atoms with Crippen molar-refractivity contribution in [3.8, 4) is 0 Å². The molecule has 2 bridgehead atoms. The number of nitrogens with two attached hydrogens (primary N) is 1. The minimum atomic E-state index is -0.810. The van der Waals surface area contributed by atoms with Crippen LogP contribution in [-0.2, 0) is 0 Å². The molecule has 0 aromatic carbocycles. The van der Waals surface area contributed by atoms with Crippen molar-refractivity contribution in [3.05, 3.63) is 17.7 Å². The minimum absolute atomic E-state index is 0.0640. The molecule has 0 spiro atoms. The van der Waals surface area contributed by atoms with E-state index in [1.54, 1.807) is 0 Å². The molecule has 1 heterocycles. The van der Waals surface area contributed by atoms with E-state index in [1.165, 1.54) is 25.7 Å². The topological polar surface area (TPSA) is 50.9 Å². The summed E-state index contributed by atoms with van der Waals surface area (Å²) < 4.78 is 26.7. The molecule has 4 unspecified atom stereocenters. The van der Waals surface area contributed by atoms with Gasteiger partial charge in [0, 0.05) is 12.1 Å². The van der Waals surface area contributed by atoms with Gasteiger partial charge in [0.15, 0.2) is 23.3 Å². The second-order valence-corrected chi connectivity index (χ2v) is 5.96. The summed E-state index contributed by atoms with van der Waals surface area (Å²) in [7, 11) is 0. The number of nitrogen functional groups attached to an aromatic ring is 1. The number of nitrogens with zero attached hydrogens (tertiary/aromatic N) is 1. The van der Waals surface area contributed by atoms with Crippen molar-refractivity contribution in [1.82, 2.24) is 4.98 Å². The number of nitrogens with one attached hydrogen (secondary N) is 1. The third-order valence-electron chi connectivity index (χ3n) is 4.76. The van der Waals surface area contributed by atoms with E-state index in [4.69, 9.17) is 5.73 Å². The summed E-state index contributed by atoms with van der Waals surface area (Å²) in [5.41, 5.74) is 5.39. The first-order valence-corrected chi connectivity index (χ1v) is 6.92. The van der Waals surface area contributed by atoms with E-state index in [2.05, 4.69) is 10.3 Å². The van der Waals surface area contributed by atoms with Gasteiger partial charge in [0.05, 0.1) is 0 Å². The first-order chi connectivity index (χ1) is 9.04. The average molecular weight is 267 g/mol. The van der Waals surface area contributed by atoms with E-state index < -0.39 is 11.6 Å². The Bertz CT molecular complexity index is 492. The fourth-order valence-corrected chi connectivity index (χ4v) is 3.81. The first kappa shape index (κ1) is 12.6. The molecule has 3 nitrogen and oxygen atoms in total. The second kappa shape index (κ2) is 4.62. The Morgan fingerprint density at radius 3 is 2.74 bits per heavy atom. The van der Waals surface area contributed by atoms with Crippen LogP contribution in [0.4, 0.5) is 20.4 Å². The molecule has 2 aliphatic rings. The Labute approximate surface area is 111 Å². The number of rotatable bonds is 3. The molecular weight excluding hydrogens is 248 g/mol. The number of hydrogen-bond donors (Lipinski definition) is 2. The summed E-state index contributed by atoms with van der Waals surface area (Å²) in [5.74, 6) is 0.463. The maximum absolute atomic E-state index is 13.6. The van der Waals surface area contributed by atoms with Crippen molar-refractivity contribution in [1.29, 1.82) is 0 Å². The smallest absolute Gasteiger partial charge is 0.168 e. The Morgan fingerprint density at radius 1 is 1.32 bits per heavy atom. The van der Waals surface area contributed by atoms with Crippen molar-refractivity contribution >= 4 is 11.6 Å². The van der Waals surface area contributed by atoms with E-state index >= 15 is 0 Å². The zero-order valence-electron chi connectivity index (χ0n) is 11.0. The highest BCUT2D eigenvalue weighted by molar-refractivity contribution is 5.45. The van der Waals surface area contributed by atoms with Crippen LogP contribution in [0.1, 0.15) is 32.6 Å². The van der Waals surface area contributed by atoms with Crippen LogP contribution < -0.4 is 11.1 Å². The van der Waals surface area contributed by atoms with Crippen molar-refractivity contribution in [2.24, 2.45) is 17.8 Å². The summed E-state index contributed by atoms with van der Waals surface area (Å²) in [6.07, 6.45) is 5.13. The first-order valence-electron chi connectivity index (χ1n) is 6.92. The number of anilines is 2. The maximum atomic E-state index is 13.6. The van der Waals surface area contributed by atoms with E-state index in [0.29, 0.717) is 5.92 Å². The van der Waals surface area contributed by atoms with Gasteiger partial charge in [-0.3, -0.25) is 0 Å². The number of pyridine rings is 1. The van der Waals surface area contributed by atoms with Crippen molar-refractivity contribution in [2.45, 2.75) is 38.6 Å². The van der Waals surface area contributed by atoms with Crippen LogP contribution >= 0.6 is 0 Å². The molecule has 1 aromatic rings. The van der Waals surface area contributed by atoms with Crippen LogP contribution in [0.3, 0.4) is 0 Å². The average Bonchev–Trinajstić information content (AvgIpc) is 2.98. The molecular formula is C14H19F2N3. The van der Waals surface area contributed by atoms with Gasteiger partial charge in [-0.15, -0.1) is 0 Å². The standard InChI is InChI=1S/C14H19F2N3/c1-7(10-5-8-2-3-9(10)4-8)18-14-12(16)6-11(15)13(17)19-14/h6-10H,2-5H2,1H3,(H3,17,18,19). The predicted molar refractivity (Wildman–Crippen MR) is 70.6 cm³/mol. The number of fused-ring (bicyclic) bond motifs is 2. The summed E-state index contributed by atoms with van der Waals surface area (Å²) >= 11 is 0. The maximum Gasteiger partial charge on any atom is 0.168 e. The monoisotopic (exact) mass is 267 g/mol. The van der Waals surface area contributed by atoms with Gasteiger partial charge in [0.2, 0.25) is 0 Å². The molecule has 0 saturated heterocycles. The fourth-order valence-electron chi connectivity index (χ4n) is 3.81. The molecule has 0 amide bonds. The molecule has 3 rings (SSSR count). The molecule has 0 aliphatic heterocycles. The Balaban J connectivity index is 1.73. The lowest BCUT2D eigenvalue weighted by molar-refractivity contribution is 0.303. The molecule has 0 radical (unpaired) electrons. The van der Waals surface area contributed by atoms with Gasteiger partial charge >= 0.3 is 0 Å². The van der Waals surface area contributed by atoms with Gasteiger partial charge in [-0.1, -0.05) is 6.42 Å². The molecule has 2 aliphatic carbocycles. The molecule has 4 atom stereocenters. The third kappa shape index (κ3) is 2.26. The normalized spacial score (nSPS) is 30.6. The quantitative estimate of drug-likeness (QED) is 0.884. The predicted octanol–water partition coefficient (Wildman–Crippen LogP) is 3.18. The van der Waals surface area contributed by atoms with Crippen LogP contribution in [0.2, 0.25) is 0 Å². The van der Waals surface area contributed by atoms with E-state index in [0.717, 1.165) is 17.9 Å². The van der Waals surface area contributed by atoms with Gasteiger partial charge in [-0.2, -0.15) is 0 Å². The highest BCUT2D eigenvalue weighted by atomic mass is 19.1.